The van der Waals surface area contributed by atoms with Gasteiger partial charge >= 0.3 is 0 Å². The molecule has 0 spiro atoms. The van der Waals surface area contributed by atoms with Crippen molar-refractivity contribution >= 4 is 44.8 Å². The predicted octanol–water partition coefficient (Wildman–Crippen LogP) is 3.03. The van der Waals surface area contributed by atoms with E-state index in [0.717, 1.165) is 22.7 Å². The van der Waals surface area contributed by atoms with E-state index in [9.17, 15) is 18.3 Å². The van der Waals surface area contributed by atoms with E-state index in [2.05, 4.69) is 4.90 Å². The van der Waals surface area contributed by atoms with Crippen LogP contribution in [0.5, 0.6) is 0 Å². The molecular weight excluding hydrogens is 473 g/mol. The van der Waals surface area contributed by atoms with Crippen molar-refractivity contribution < 1.29 is 18.3 Å². The maximum absolute atomic E-state index is 13.3. The quantitative estimate of drug-likeness (QED) is 0.603. The van der Waals surface area contributed by atoms with Crippen LogP contribution in [-0.2, 0) is 14.8 Å². The molecule has 2 aromatic rings. The van der Waals surface area contributed by atoms with Crippen LogP contribution in [0.15, 0.2) is 48.5 Å². The van der Waals surface area contributed by atoms with E-state index in [-0.39, 0.29) is 28.8 Å². The minimum Gasteiger partial charge on any atom is -0.392 e. The molecule has 0 bridgehead atoms. The largest absolute Gasteiger partial charge is 0.392 e. The maximum atomic E-state index is 13.3. The third-order valence-corrected chi connectivity index (χ3v) is 7.25. The van der Waals surface area contributed by atoms with Gasteiger partial charge < -0.3 is 10.0 Å². The molecule has 32 heavy (non-hydrogen) atoms. The predicted molar refractivity (Wildman–Crippen MR) is 128 cm³/mol. The number of carbonyl (C=O) groups is 1. The lowest BCUT2D eigenvalue weighted by atomic mass is 10.0. The average Bonchev–Trinajstić information content (AvgIpc) is 3.15. The van der Waals surface area contributed by atoms with E-state index in [1.807, 2.05) is 30.3 Å². The van der Waals surface area contributed by atoms with Gasteiger partial charge in [-0.15, -0.1) is 0 Å². The second kappa shape index (κ2) is 10.4. The highest BCUT2D eigenvalue weighted by Crippen LogP contribution is 2.31. The molecule has 2 aromatic carbocycles. The Morgan fingerprint density at radius 1 is 1.22 bits per heavy atom. The van der Waals surface area contributed by atoms with Gasteiger partial charge in [-0.05, 0) is 30.2 Å². The average molecular weight is 500 g/mol. The van der Waals surface area contributed by atoms with E-state index in [4.69, 9.17) is 23.2 Å². The van der Waals surface area contributed by atoms with Crippen LogP contribution in [0, 0.1) is 0 Å². The van der Waals surface area contributed by atoms with Crippen LogP contribution in [0.2, 0.25) is 10.0 Å². The number of likely N-dealkylation sites (N-methyl/N-ethyl adjacent to an activating group) is 1. The van der Waals surface area contributed by atoms with Crippen LogP contribution >= 0.6 is 23.2 Å². The molecule has 3 rings (SSSR count). The molecule has 0 aromatic heterocycles. The number of amides is 1. The summed E-state index contributed by atoms with van der Waals surface area (Å²) in [7, 11) is -2.12. The van der Waals surface area contributed by atoms with E-state index in [1.165, 1.54) is 18.2 Å². The standard InChI is InChI=1S/C22H27Cl2N3O4S/c1-25(21(16-6-4-3-5-7-16)14-26-11-10-18(28)13-26)22(29)15-27(32(2,30)31)20-9-8-17(23)12-19(20)24/h3-9,12,18,21,28H,10-11,13-15H2,1-2H3/t18?,21-/m1/s1. The van der Waals surface area contributed by atoms with E-state index in [0.29, 0.717) is 24.5 Å². The van der Waals surface area contributed by atoms with Gasteiger partial charge in [0.25, 0.3) is 0 Å². The van der Waals surface area contributed by atoms with Crippen molar-refractivity contribution in [1.82, 2.24) is 9.80 Å². The Labute approximate surface area is 199 Å². The van der Waals surface area contributed by atoms with Gasteiger partial charge in [-0.25, -0.2) is 8.42 Å². The Bertz CT molecular complexity index is 1050. The third-order valence-electron chi connectivity index (χ3n) is 5.58. The Balaban J connectivity index is 1.86. The SMILES string of the molecule is CN(C(=O)CN(c1ccc(Cl)cc1Cl)S(C)(=O)=O)[C@H](CN1CCC(O)C1)c1ccccc1. The summed E-state index contributed by atoms with van der Waals surface area (Å²) in [5, 5.41) is 10.4. The molecule has 0 aliphatic carbocycles. The summed E-state index contributed by atoms with van der Waals surface area (Å²) in [6.07, 6.45) is 1.35. The fraction of sp³-hybridized carbons (Fsp3) is 0.409. The molecule has 1 aliphatic rings. The van der Waals surface area contributed by atoms with Crippen LogP contribution in [0.4, 0.5) is 5.69 Å². The minimum absolute atomic E-state index is 0.143. The number of rotatable bonds is 8. The number of carbonyl (C=O) groups excluding carboxylic acids is 1. The van der Waals surface area contributed by atoms with Crippen molar-refractivity contribution in [1.29, 1.82) is 0 Å². The van der Waals surface area contributed by atoms with Crippen LogP contribution in [0.1, 0.15) is 18.0 Å². The Hall–Kier alpha value is -1.84. The normalized spacial score (nSPS) is 17.8. The summed E-state index contributed by atoms with van der Waals surface area (Å²) < 4.78 is 26.0. The summed E-state index contributed by atoms with van der Waals surface area (Å²) in [5.74, 6) is -0.380. The van der Waals surface area contributed by atoms with Crippen molar-refractivity contribution in [3.05, 3.63) is 64.1 Å². The van der Waals surface area contributed by atoms with Gasteiger partial charge in [-0.1, -0.05) is 53.5 Å². The first-order valence-electron chi connectivity index (χ1n) is 10.2. The smallest absolute Gasteiger partial charge is 0.243 e. The molecule has 1 amide bonds. The monoisotopic (exact) mass is 499 g/mol. The number of hydrogen-bond donors (Lipinski definition) is 1. The summed E-state index contributed by atoms with van der Waals surface area (Å²) in [4.78, 5) is 17.0. The van der Waals surface area contributed by atoms with Crippen molar-refractivity contribution in [2.45, 2.75) is 18.6 Å². The number of hydrogen-bond acceptors (Lipinski definition) is 5. The molecule has 1 N–H and O–H groups in total. The zero-order valence-electron chi connectivity index (χ0n) is 18.0. The van der Waals surface area contributed by atoms with Crippen LogP contribution < -0.4 is 4.31 Å². The van der Waals surface area contributed by atoms with Gasteiger partial charge in [-0.2, -0.15) is 0 Å². The van der Waals surface area contributed by atoms with Gasteiger partial charge in [0, 0.05) is 31.7 Å². The first kappa shape index (κ1) is 24.8. The van der Waals surface area contributed by atoms with Gasteiger partial charge in [0.2, 0.25) is 15.9 Å². The van der Waals surface area contributed by atoms with Crippen molar-refractivity contribution in [3.8, 4) is 0 Å². The molecule has 0 radical (unpaired) electrons. The molecule has 0 saturated carbocycles. The number of anilines is 1. The van der Waals surface area contributed by atoms with Gasteiger partial charge in [0.1, 0.15) is 6.54 Å². The number of sulfonamides is 1. The molecule has 1 unspecified atom stereocenters. The number of halogens is 2. The molecule has 2 atom stereocenters. The van der Waals surface area contributed by atoms with Gasteiger partial charge in [-0.3, -0.25) is 14.0 Å². The van der Waals surface area contributed by atoms with Crippen LogP contribution in [0.3, 0.4) is 0 Å². The lowest BCUT2D eigenvalue weighted by molar-refractivity contribution is -0.130. The van der Waals surface area contributed by atoms with E-state index in [1.54, 1.807) is 11.9 Å². The lowest BCUT2D eigenvalue weighted by Gasteiger charge is -2.33. The Kier molecular flexibility index (Phi) is 8.06. The Morgan fingerprint density at radius 3 is 2.47 bits per heavy atom. The second-order valence-corrected chi connectivity index (χ2v) is 10.7. The molecule has 1 aliphatic heterocycles. The summed E-state index contributed by atoms with van der Waals surface area (Å²) in [6, 6.07) is 13.7. The first-order valence-corrected chi connectivity index (χ1v) is 12.8. The highest BCUT2D eigenvalue weighted by Gasteiger charge is 2.31. The number of aliphatic hydroxyl groups excluding tert-OH is 1. The highest BCUT2D eigenvalue weighted by atomic mass is 35.5. The zero-order valence-corrected chi connectivity index (χ0v) is 20.3. The van der Waals surface area contributed by atoms with E-state index < -0.39 is 16.6 Å². The molecule has 1 fully saturated rings. The first-order chi connectivity index (χ1) is 15.1. The van der Waals surface area contributed by atoms with E-state index >= 15 is 0 Å². The number of benzene rings is 2. The summed E-state index contributed by atoms with van der Waals surface area (Å²) in [6.45, 7) is 1.41. The van der Waals surface area contributed by atoms with Crippen molar-refractivity contribution in [2.24, 2.45) is 0 Å². The number of aliphatic hydroxyl groups is 1. The van der Waals surface area contributed by atoms with Crippen LogP contribution in [-0.4, -0.2) is 74.8 Å². The number of nitrogens with zero attached hydrogens (tertiary/aromatic N) is 3. The fourth-order valence-electron chi connectivity index (χ4n) is 3.82. The second-order valence-electron chi connectivity index (χ2n) is 8.00. The third kappa shape index (κ3) is 6.14. The number of likely N-dealkylation sites (tertiary alicyclic amines) is 1. The zero-order chi connectivity index (χ0) is 23.5. The highest BCUT2D eigenvalue weighted by molar-refractivity contribution is 7.92. The Morgan fingerprint density at radius 2 is 1.91 bits per heavy atom. The molecule has 7 nitrogen and oxygen atoms in total. The summed E-state index contributed by atoms with van der Waals surface area (Å²) in [5.41, 5.74) is 1.12. The molecule has 174 valence electrons. The molecule has 10 heteroatoms. The molecular formula is C22H27Cl2N3O4S. The van der Waals surface area contributed by atoms with Crippen molar-refractivity contribution in [2.75, 3.05) is 43.8 Å². The molecule has 1 saturated heterocycles. The van der Waals surface area contributed by atoms with Gasteiger partial charge in [0.15, 0.2) is 0 Å². The minimum atomic E-state index is -3.79. The van der Waals surface area contributed by atoms with Gasteiger partial charge in [0.05, 0.1) is 29.1 Å². The van der Waals surface area contributed by atoms with Crippen molar-refractivity contribution in [3.63, 3.8) is 0 Å². The molecule has 1 heterocycles. The maximum Gasteiger partial charge on any atom is 0.243 e. The topological polar surface area (TPSA) is 81.2 Å². The number of β-amino-alcohol motifs (C(OH)–C–C–N with tert-alkyl or cyclic N) is 1. The van der Waals surface area contributed by atoms with Crippen LogP contribution in [0.25, 0.3) is 0 Å². The fourth-order valence-corrected chi connectivity index (χ4v) is 5.24. The lowest BCUT2D eigenvalue weighted by Crippen LogP contribution is -2.45. The summed E-state index contributed by atoms with van der Waals surface area (Å²) >= 11 is 12.2.